The zero-order chi connectivity index (χ0) is 11.0. The number of hydrogen-bond acceptors (Lipinski definition) is 1. The van der Waals surface area contributed by atoms with E-state index in [0.717, 1.165) is 11.2 Å². The summed E-state index contributed by atoms with van der Waals surface area (Å²) in [5.74, 6) is 0. The number of nitrogen functional groups attached to an aromatic ring is 1. The fraction of sp³-hybridized carbons (Fsp3) is 0. The summed E-state index contributed by atoms with van der Waals surface area (Å²) in [5, 5.41) is 1.21. The van der Waals surface area contributed by atoms with Gasteiger partial charge in [-0.1, -0.05) is 36.4 Å². The van der Waals surface area contributed by atoms with Crippen molar-refractivity contribution >= 4 is 16.6 Å². The van der Waals surface area contributed by atoms with Crippen molar-refractivity contribution in [1.29, 1.82) is 0 Å². The first kappa shape index (κ1) is 9.04. The minimum Gasteiger partial charge on any atom is -0.399 e. The Hall–Kier alpha value is -2.22. The molecule has 3 aromatic rings. The number of nitrogens with two attached hydrogens (primary N) is 1. The van der Waals surface area contributed by atoms with E-state index in [4.69, 9.17) is 5.73 Å². The van der Waals surface area contributed by atoms with E-state index < -0.39 is 0 Å². The van der Waals surface area contributed by atoms with Crippen molar-refractivity contribution in [2.24, 2.45) is 0 Å². The van der Waals surface area contributed by atoms with Gasteiger partial charge in [0.2, 0.25) is 0 Å². The van der Waals surface area contributed by atoms with Crippen LogP contribution >= 0.6 is 0 Å². The van der Waals surface area contributed by atoms with E-state index in [9.17, 15) is 0 Å². The molecule has 78 valence electrons. The van der Waals surface area contributed by atoms with E-state index in [2.05, 4.69) is 23.2 Å². The van der Waals surface area contributed by atoms with Crippen LogP contribution < -0.4 is 5.73 Å². The number of anilines is 1. The molecule has 2 heteroatoms. The molecular formula is C14H12N2. The topological polar surface area (TPSA) is 41.8 Å². The summed E-state index contributed by atoms with van der Waals surface area (Å²) in [7, 11) is 0. The van der Waals surface area contributed by atoms with Crippen LogP contribution in [-0.2, 0) is 0 Å². The third-order valence-electron chi connectivity index (χ3n) is 2.79. The van der Waals surface area contributed by atoms with Crippen molar-refractivity contribution in [2.75, 3.05) is 5.73 Å². The molecule has 16 heavy (non-hydrogen) atoms. The fourth-order valence-electron chi connectivity index (χ4n) is 2.00. The maximum Gasteiger partial charge on any atom is 0.0481 e. The van der Waals surface area contributed by atoms with E-state index in [-0.39, 0.29) is 0 Å². The van der Waals surface area contributed by atoms with Crippen molar-refractivity contribution in [3.8, 4) is 11.1 Å². The molecule has 3 rings (SSSR count). The van der Waals surface area contributed by atoms with Gasteiger partial charge in [0.05, 0.1) is 0 Å². The molecule has 1 heterocycles. The van der Waals surface area contributed by atoms with E-state index in [1.807, 2.05) is 36.5 Å². The molecule has 0 bridgehead atoms. The summed E-state index contributed by atoms with van der Waals surface area (Å²) in [6, 6.07) is 16.3. The van der Waals surface area contributed by atoms with E-state index in [1.54, 1.807) is 0 Å². The number of aromatic nitrogens is 1. The van der Waals surface area contributed by atoms with Crippen LogP contribution in [0.2, 0.25) is 0 Å². The highest BCUT2D eigenvalue weighted by Crippen LogP contribution is 2.29. The van der Waals surface area contributed by atoms with Crippen molar-refractivity contribution in [3.63, 3.8) is 0 Å². The SMILES string of the molecule is Nc1ccc2c(-c3ccccc3)c[nH]c2c1. The van der Waals surface area contributed by atoms with Crippen LogP contribution in [0.3, 0.4) is 0 Å². The monoisotopic (exact) mass is 208 g/mol. The molecule has 0 unspecified atom stereocenters. The number of benzene rings is 2. The van der Waals surface area contributed by atoms with E-state index in [0.29, 0.717) is 0 Å². The molecule has 0 aliphatic carbocycles. The maximum atomic E-state index is 5.75. The lowest BCUT2D eigenvalue weighted by molar-refractivity contribution is 1.47. The first-order valence-corrected chi connectivity index (χ1v) is 5.26. The standard InChI is InChI=1S/C14H12N2/c15-11-6-7-12-13(9-16-14(12)8-11)10-4-2-1-3-5-10/h1-9,16H,15H2. The normalized spacial score (nSPS) is 10.8. The van der Waals surface area contributed by atoms with Gasteiger partial charge in [0.1, 0.15) is 0 Å². The Morgan fingerprint density at radius 2 is 1.75 bits per heavy atom. The van der Waals surface area contributed by atoms with Crippen LogP contribution in [0, 0.1) is 0 Å². The van der Waals surface area contributed by atoms with Gasteiger partial charge in [0.15, 0.2) is 0 Å². The number of aromatic amines is 1. The Kier molecular flexibility index (Phi) is 1.93. The molecule has 0 amide bonds. The first-order chi connectivity index (χ1) is 7.84. The summed E-state index contributed by atoms with van der Waals surface area (Å²) in [5.41, 5.74) is 10.1. The minimum atomic E-state index is 0.786. The summed E-state index contributed by atoms with van der Waals surface area (Å²) in [6.07, 6.45) is 2.03. The van der Waals surface area contributed by atoms with Crippen molar-refractivity contribution in [2.45, 2.75) is 0 Å². The minimum absolute atomic E-state index is 0.786. The average molecular weight is 208 g/mol. The predicted octanol–water partition coefficient (Wildman–Crippen LogP) is 3.42. The number of nitrogens with one attached hydrogen (secondary N) is 1. The predicted molar refractivity (Wildman–Crippen MR) is 68.1 cm³/mol. The lowest BCUT2D eigenvalue weighted by Crippen LogP contribution is -1.82. The lowest BCUT2D eigenvalue weighted by Gasteiger charge is -1.99. The Morgan fingerprint density at radius 1 is 0.938 bits per heavy atom. The van der Waals surface area contributed by atoms with Gasteiger partial charge in [0.25, 0.3) is 0 Å². The fourth-order valence-corrected chi connectivity index (χ4v) is 2.00. The van der Waals surface area contributed by atoms with Gasteiger partial charge in [-0.25, -0.2) is 0 Å². The third-order valence-corrected chi connectivity index (χ3v) is 2.79. The Balaban J connectivity index is 2.26. The molecule has 2 nitrogen and oxygen atoms in total. The van der Waals surface area contributed by atoms with E-state index >= 15 is 0 Å². The van der Waals surface area contributed by atoms with Crippen LogP contribution in [-0.4, -0.2) is 4.98 Å². The maximum absolute atomic E-state index is 5.75. The smallest absolute Gasteiger partial charge is 0.0481 e. The van der Waals surface area contributed by atoms with Gasteiger partial charge in [-0.3, -0.25) is 0 Å². The van der Waals surface area contributed by atoms with Gasteiger partial charge in [-0.2, -0.15) is 0 Å². The van der Waals surface area contributed by atoms with Crippen LogP contribution in [0.4, 0.5) is 5.69 Å². The second-order valence-corrected chi connectivity index (χ2v) is 3.87. The number of rotatable bonds is 1. The summed E-state index contributed by atoms with van der Waals surface area (Å²) in [6.45, 7) is 0. The Morgan fingerprint density at radius 3 is 2.56 bits per heavy atom. The highest BCUT2D eigenvalue weighted by atomic mass is 14.7. The Labute approximate surface area is 93.7 Å². The quantitative estimate of drug-likeness (QED) is 0.591. The molecule has 1 aromatic heterocycles. The van der Waals surface area contributed by atoms with Crippen LogP contribution in [0.15, 0.2) is 54.7 Å². The highest BCUT2D eigenvalue weighted by Gasteiger charge is 2.04. The number of fused-ring (bicyclic) bond motifs is 1. The second-order valence-electron chi connectivity index (χ2n) is 3.87. The van der Waals surface area contributed by atoms with Gasteiger partial charge in [-0.05, 0) is 17.7 Å². The molecule has 0 atom stereocenters. The molecule has 0 aliphatic rings. The molecule has 0 radical (unpaired) electrons. The van der Waals surface area contributed by atoms with Crippen LogP contribution in [0.25, 0.3) is 22.0 Å². The molecule has 0 saturated heterocycles. The average Bonchev–Trinajstić information content (AvgIpc) is 2.73. The van der Waals surface area contributed by atoms with Gasteiger partial charge in [0, 0.05) is 28.4 Å². The first-order valence-electron chi connectivity index (χ1n) is 5.26. The molecule has 0 aliphatic heterocycles. The molecular weight excluding hydrogens is 196 g/mol. The summed E-state index contributed by atoms with van der Waals surface area (Å²) in [4.78, 5) is 3.25. The number of hydrogen-bond donors (Lipinski definition) is 2. The molecule has 3 N–H and O–H groups in total. The van der Waals surface area contributed by atoms with Gasteiger partial charge >= 0.3 is 0 Å². The number of H-pyrrole nitrogens is 1. The van der Waals surface area contributed by atoms with Crippen molar-refractivity contribution < 1.29 is 0 Å². The zero-order valence-corrected chi connectivity index (χ0v) is 8.77. The van der Waals surface area contributed by atoms with Crippen molar-refractivity contribution in [1.82, 2.24) is 4.98 Å². The molecule has 0 saturated carbocycles. The largest absolute Gasteiger partial charge is 0.399 e. The third kappa shape index (κ3) is 1.36. The van der Waals surface area contributed by atoms with Crippen molar-refractivity contribution in [3.05, 3.63) is 54.7 Å². The lowest BCUT2D eigenvalue weighted by atomic mass is 10.0. The molecule has 0 spiro atoms. The van der Waals surface area contributed by atoms with Crippen LogP contribution in [0.1, 0.15) is 0 Å². The molecule has 2 aromatic carbocycles. The Bertz CT molecular complexity index is 624. The summed E-state index contributed by atoms with van der Waals surface area (Å²) < 4.78 is 0. The summed E-state index contributed by atoms with van der Waals surface area (Å²) >= 11 is 0. The second kappa shape index (κ2) is 3.42. The molecule has 0 fully saturated rings. The van der Waals surface area contributed by atoms with Gasteiger partial charge in [-0.15, -0.1) is 0 Å². The van der Waals surface area contributed by atoms with E-state index in [1.165, 1.54) is 16.5 Å². The van der Waals surface area contributed by atoms with Gasteiger partial charge < -0.3 is 10.7 Å². The highest BCUT2D eigenvalue weighted by molar-refractivity contribution is 5.96. The van der Waals surface area contributed by atoms with Crippen LogP contribution in [0.5, 0.6) is 0 Å². The zero-order valence-electron chi connectivity index (χ0n) is 8.77.